The van der Waals surface area contributed by atoms with Crippen molar-refractivity contribution in [3.05, 3.63) is 70.9 Å². The first kappa shape index (κ1) is 22.2. The molecule has 7 nitrogen and oxygen atoms in total. The summed E-state index contributed by atoms with van der Waals surface area (Å²) in [5.41, 5.74) is 2.65. The molecule has 1 atom stereocenters. The second kappa shape index (κ2) is 10.0. The lowest BCUT2D eigenvalue weighted by Crippen LogP contribution is -2.48. The summed E-state index contributed by atoms with van der Waals surface area (Å²) < 4.78 is 16.6. The number of nitrogens with zero attached hydrogens (tertiary/aromatic N) is 1. The Balaban J connectivity index is 2.03. The Morgan fingerprint density at radius 3 is 2.55 bits per heavy atom. The van der Waals surface area contributed by atoms with Crippen molar-refractivity contribution in [1.82, 2.24) is 10.2 Å². The standard InChI is InChI=1S/C24H28N2O5/c1-5-16-9-7-12-19(13-16)31-15-20-21(23(27)30-6-2)22(25-24(28)26(20)3)17-10-8-11-18(14-17)29-4/h7-14,22H,5-6,15H2,1-4H3,(H,25,28). The number of aryl methyl sites for hydroxylation is 1. The van der Waals surface area contributed by atoms with E-state index in [2.05, 4.69) is 12.2 Å². The monoisotopic (exact) mass is 424 g/mol. The Bertz CT molecular complexity index is 985. The first-order valence-corrected chi connectivity index (χ1v) is 10.3. The van der Waals surface area contributed by atoms with Gasteiger partial charge in [0.2, 0.25) is 0 Å². The topological polar surface area (TPSA) is 77.1 Å². The maximum absolute atomic E-state index is 13.0. The van der Waals surface area contributed by atoms with E-state index in [0.29, 0.717) is 28.3 Å². The van der Waals surface area contributed by atoms with Crippen molar-refractivity contribution < 1.29 is 23.8 Å². The Labute approximate surface area is 182 Å². The van der Waals surface area contributed by atoms with Crippen LogP contribution in [0.3, 0.4) is 0 Å². The van der Waals surface area contributed by atoms with E-state index in [1.165, 1.54) is 4.90 Å². The highest BCUT2D eigenvalue weighted by atomic mass is 16.5. The number of benzene rings is 2. The summed E-state index contributed by atoms with van der Waals surface area (Å²) >= 11 is 0. The van der Waals surface area contributed by atoms with E-state index in [0.717, 1.165) is 12.0 Å². The minimum atomic E-state index is -0.682. The molecule has 0 saturated carbocycles. The predicted octanol–water partition coefficient (Wildman–Crippen LogP) is 3.85. The van der Waals surface area contributed by atoms with Gasteiger partial charge in [-0.1, -0.05) is 31.2 Å². The third kappa shape index (κ3) is 4.99. The number of likely N-dealkylation sites (N-methyl/N-ethyl adjacent to an activating group) is 1. The minimum absolute atomic E-state index is 0.0473. The molecule has 1 heterocycles. The summed E-state index contributed by atoms with van der Waals surface area (Å²) in [6.45, 7) is 4.08. The van der Waals surface area contributed by atoms with Crippen LogP contribution in [0.25, 0.3) is 0 Å². The van der Waals surface area contributed by atoms with Crippen molar-refractivity contribution >= 4 is 12.0 Å². The van der Waals surface area contributed by atoms with Crippen molar-refractivity contribution in [2.45, 2.75) is 26.3 Å². The number of rotatable bonds is 8. The van der Waals surface area contributed by atoms with Gasteiger partial charge in [-0.05, 0) is 48.7 Å². The second-order valence-corrected chi connectivity index (χ2v) is 7.09. The molecular formula is C24H28N2O5. The van der Waals surface area contributed by atoms with Crippen molar-refractivity contribution in [3.8, 4) is 11.5 Å². The van der Waals surface area contributed by atoms with Gasteiger partial charge in [0.25, 0.3) is 0 Å². The van der Waals surface area contributed by atoms with Gasteiger partial charge in [0.15, 0.2) is 0 Å². The van der Waals surface area contributed by atoms with Gasteiger partial charge in [0, 0.05) is 7.05 Å². The molecule has 2 aromatic rings. The number of amides is 2. The maximum Gasteiger partial charge on any atom is 0.338 e. The van der Waals surface area contributed by atoms with E-state index >= 15 is 0 Å². The minimum Gasteiger partial charge on any atom is -0.497 e. The van der Waals surface area contributed by atoms with Crippen molar-refractivity contribution in [3.63, 3.8) is 0 Å². The largest absolute Gasteiger partial charge is 0.497 e. The van der Waals surface area contributed by atoms with Gasteiger partial charge in [0.05, 0.1) is 31.0 Å². The lowest BCUT2D eigenvalue weighted by molar-refractivity contribution is -0.139. The summed E-state index contributed by atoms with van der Waals surface area (Å²) in [5.74, 6) is 0.804. The molecule has 0 radical (unpaired) electrons. The number of carbonyl (C=O) groups excluding carboxylic acids is 2. The maximum atomic E-state index is 13.0. The molecule has 0 aliphatic carbocycles. The number of methoxy groups -OCH3 is 1. The summed E-state index contributed by atoms with van der Waals surface area (Å²) in [7, 11) is 3.18. The van der Waals surface area contributed by atoms with Crippen molar-refractivity contribution in [2.24, 2.45) is 0 Å². The van der Waals surface area contributed by atoms with Gasteiger partial charge < -0.3 is 19.5 Å². The zero-order valence-corrected chi connectivity index (χ0v) is 18.3. The Hall–Kier alpha value is -3.48. The van der Waals surface area contributed by atoms with E-state index in [4.69, 9.17) is 14.2 Å². The first-order chi connectivity index (χ1) is 15.0. The van der Waals surface area contributed by atoms with Crippen molar-refractivity contribution in [2.75, 3.05) is 27.4 Å². The fraction of sp³-hybridized carbons (Fsp3) is 0.333. The van der Waals surface area contributed by atoms with E-state index in [-0.39, 0.29) is 19.2 Å². The van der Waals surface area contributed by atoms with Gasteiger partial charge in [-0.15, -0.1) is 0 Å². The second-order valence-electron chi connectivity index (χ2n) is 7.09. The molecule has 3 rings (SSSR count). The van der Waals surface area contributed by atoms with E-state index in [9.17, 15) is 9.59 Å². The number of esters is 1. The average molecular weight is 424 g/mol. The molecule has 0 bridgehead atoms. The predicted molar refractivity (Wildman–Crippen MR) is 117 cm³/mol. The Morgan fingerprint density at radius 1 is 1.10 bits per heavy atom. The molecule has 1 aliphatic heterocycles. The molecule has 31 heavy (non-hydrogen) atoms. The number of nitrogens with one attached hydrogen (secondary N) is 1. The average Bonchev–Trinajstić information content (AvgIpc) is 2.79. The molecule has 0 saturated heterocycles. The molecule has 1 unspecified atom stereocenters. The molecule has 0 fully saturated rings. The van der Waals surface area contributed by atoms with Gasteiger partial charge in [-0.2, -0.15) is 0 Å². The smallest absolute Gasteiger partial charge is 0.338 e. The summed E-state index contributed by atoms with van der Waals surface area (Å²) in [5, 5.41) is 2.89. The van der Waals surface area contributed by atoms with Gasteiger partial charge >= 0.3 is 12.0 Å². The van der Waals surface area contributed by atoms with Crippen LogP contribution in [0, 0.1) is 0 Å². The molecule has 0 spiro atoms. The Morgan fingerprint density at radius 2 is 1.84 bits per heavy atom. The van der Waals surface area contributed by atoms with Crippen LogP contribution in [0.2, 0.25) is 0 Å². The third-order valence-corrected chi connectivity index (χ3v) is 5.18. The molecule has 1 N–H and O–H groups in total. The number of hydrogen-bond donors (Lipinski definition) is 1. The fourth-order valence-electron chi connectivity index (χ4n) is 3.46. The molecular weight excluding hydrogens is 396 g/mol. The van der Waals surface area contributed by atoms with Crippen LogP contribution < -0.4 is 14.8 Å². The normalized spacial score (nSPS) is 16.1. The van der Waals surface area contributed by atoms with Crippen LogP contribution in [0.5, 0.6) is 11.5 Å². The number of ether oxygens (including phenoxy) is 3. The number of urea groups is 1. The van der Waals surface area contributed by atoms with E-state index in [1.807, 2.05) is 36.4 Å². The van der Waals surface area contributed by atoms with Gasteiger partial charge in [-0.25, -0.2) is 9.59 Å². The van der Waals surface area contributed by atoms with Crippen LogP contribution in [0.4, 0.5) is 4.79 Å². The molecule has 0 aromatic heterocycles. The number of hydrogen-bond acceptors (Lipinski definition) is 5. The van der Waals surface area contributed by atoms with Crippen LogP contribution in [0.1, 0.15) is 31.0 Å². The first-order valence-electron chi connectivity index (χ1n) is 10.3. The molecule has 2 amide bonds. The van der Waals surface area contributed by atoms with Gasteiger partial charge in [0.1, 0.15) is 18.1 Å². The summed E-state index contributed by atoms with van der Waals surface area (Å²) in [4.78, 5) is 27.1. The van der Waals surface area contributed by atoms with Crippen LogP contribution in [-0.2, 0) is 16.0 Å². The SMILES string of the molecule is CCOC(=O)C1=C(COc2cccc(CC)c2)N(C)C(=O)NC1c1cccc(OC)c1. The highest BCUT2D eigenvalue weighted by molar-refractivity contribution is 5.95. The number of carbonyl (C=O) groups is 2. The lowest BCUT2D eigenvalue weighted by Gasteiger charge is -2.34. The third-order valence-electron chi connectivity index (χ3n) is 5.18. The highest BCUT2D eigenvalue weighted by Crippen LogP contribution is 2.32. The van der Waals surface area contributed by atoms with Crippen molar-refractivity contribution in [1.29, 1.82) is 0 Å². The summed E-state index contributed by atoms with van der Waals surface area (Å²) in [6.07, 6.45) is 0.883. The van der Waals surface area contributed by atoms with E-state index in [1.54, 1.807) is 33.2 Å². The molecule has 1 aliphatic rings. The molecule has 2 aromatic carbocycles. The van der Waals surface area contributed by atoms with Gasteiger partial charge in [-0.3, -0.25) is 4.90 Å². The molecule has 7 heteroatoms. The molecule has 164 valence electrons. The zero-order valence-electron chi connectivity index (χ0n) is 18.3. The van der Waals surface area contributed by atoms with E-state index < -0.39 is 12.0 Å². The van der Waals surface area contributed by atoms with Crippen LogP contribution in [0.15, 0.2) is 59.8 Å². The van der Waals surface area contributed by atoms with Crippen LogP contribution >= 0.6 is 0 Å². The highest BCUT2D eigenvalue weighted by Gasteiger charge is 2.37. The summed E-state index contributed by atoms with van der Waals surface area (Å²) in [6, 6.07) is 14.0. The fourth-order valence-corrected chi connectivity index (χ4v) is 3.46. The quantitative estimate of drug-likeness (QED) is 0.652. The van der Waals surface area contributed by atoms with Crippen LogP contribution in [-0.4, -0.2) is 44.3 Å². The Kier molecular flexibility index (Phi) is 7.18. The lowest BCUT2D eigenvalue weighted by atomic mass is 9.94. The zero-order chi connectivity index (χ0) is 22.4.